The molecule has 0 saturated heterocycles. The lowest BCUT2D eigenvalue weighted by molar-refractivity contribution is 0.307. The molecule has 0 aliphatic carbocycles. The van der Waals surface area contributed by atoms with E-state index in [0.29, 0.717) is 0 Å². The van der Waals surface area contributed by atoms with Gasteiger partial charge in [-0.05, 0) is 69.7 Å². The van der Waals surface area contributed by atoms with E-state index in [1.807, 2.05) is 36.4 Å². The maximum Gasteiger partial charge on any atom is 0.208 e. The maximum atomic E-state index is 15.5. The third-order valence-electron chi connectivity index (χ3n) is 5.97. The molecule has 0 N–H and O–H groups in total. The predicted octanol–water partition coefficient (Wildman–Crippen LogP) is 5.79. The van der Waals surface area contributed by atoms with E-state index in [1.54, 1.807) is 0 Å². The summed E-state index contributed by atoms with van der Waals surface area (Å²) in [5.74, 6) is 0. The van der Waals surface area contributed by atoms with Gasteiger partial charge in [0.25, 0.3) is 0 Å². The Kier molecular flexibility index (Phi) is 7.84. The highest BCUT2D eigenvalue weighted by molar-refractivity contribution is 7.84. The van der Waals surface area contributed by atoms with Gasteiger partial charge in [0.1, 0.15) is 0 Å². The number of rotatable bonds is 8. The molecule has 0 radical (unpaired) electrons. The lowest BCUT2D eigenvalue weighted by Crippen LogP contribution is -2.45. The maximum absolute atomic E-state index is 15.5. The fourth-order valence-electron chi connectivity index (χ4n) is 4.76. The van der Waals surface area contributed by atoms with Gasteiger partial charge in [0.05, 0.1) is 0 Å². The second-order valence-electron chi connectivity index (χ2n) is 8.97. The van der Waals surface area contributed by atoms with Crippen LogP contribution in [0.4, 0.5) is 0 Å². The largest absolute Gasteiger partial charge is 0.296 e. The Morgan fingerprint density at radius 3 is 1.47 bits per heavy atom. The number of nitrogens with zero attached hydrogens (tertiary/aromatic N) is 1. The van der Waals surface area contributed by atoms with E-state index in [2.05, 4.69) is 111 Å². The van der Waals surface area contributed by atoms with E-state index in [0.717, 1.165) is 15.9 Å². The quantitative estimate of drug-likeness (QED) is 0.295. The van der Waals surface area contributed by atoms with Crippen molar-refractivity contribution in [3.8, 4) is 0 Å². The van der Waals surface area contributed by atoms with Crippen molar-refractivity contribution in [2.24, 2.45) is 0 Å². The molecule has 174 valence electrons. The van der Waals surface area contributed by atoms with Crippen LogP contribution in [-0.2, 0) is 4.57 Å². The smallest absolute Gasteiger partial charge is 0.208 e. The summed E-state index contributed by atoms with van der Waals surface area (Å²) < 4.78 is 17.8. The van der Waals surface area contributed by atoms with Crippen molar-refractivity contribution < 1.29 is 4.57 Å². The Bertz CT molecular complexity index is 1190. The summed E-state index contributed by atoms with van der Waals surface area (Å²) in [7, 11) is -4.01. The standard InChI is InChI=1S/C30H33NOP2/c1-24(2)31(25(3)4)34(32,28-20-12-7-13-21-28)30-23-15-14-22-29(30)33(26-16-8-5-9-17-26)27-18-10-6-11-19-27/h5-25H,1-4H3. The molecular formula is C30H33NOP2. The van der Waals surface area contributed by atoms with Gasteiger partial charge in [-0.25, -0.2) is 4.67 Å². The topological polar surface area (TPSA) is 20.3 Å². The third-order valence-corrected chi connectivity index (χ3v) is 12.3. The van der Waals surface area contributed by atoms with Gasteiger partial charge in [-0.2, -0.15) is 0 Å². The molecule has 4 aromatic carbocycles. The lowest BCUT2D eigenvalue weighted by Gasteiger charge is -2.40. The molecule has 4 aromatic rings. The van der Waals surface area contributed by atoms with Gasteiger partial charge in [-0.1, -0.05) is 97.1 Å². The molecule has 4 heteroatoms. The Hall–Kier alpha value is -2.50. The average molecular weight is 486 g/mol. The van der Waals surface area contributed by atoms with Crippen molar-refractivity contribution in [3.63, 3.8) is 0 Å². The van der Waals surface area contributed by atoms with Crippen molar-refractivity contribution in [2.75, 3.05) is 0 Å². The van der Waals surface area contributed by atoms with Crippen LogP contribution in [0.5, 0.6) is 0 Å². The molecule has 0 heterocycles. The zero-order valence-electron chi connectivity index (χ0n) is 20.4. The minimum absolute atomic E-state index is 0.124. The van der Waals surface area contributed by atoms with Crippen LogP contribution in [0.1, 0.15) is 27.7 Å². The Morgan fingerprint density at radius 2 is 1.00 bits per heavy atom. The summed E-state index contributed by atoms with van der Waals surface area (Å²) in [4.78, 5) is 0. The monoisotopic (exact) mass is 485 g/mol. The van der Waals surface area contributed by atoms with E-state index in [1.165, 1.54) is 10.6 Å². The Morgan fingerprint density at radius 1 is 0.588 bits per heavy atom. The molecule has 0 aliphatic heterocycles. The van der Waals surface area contributed by atoms with E-state index in [9.17, 15) is 0 Å². The number of hydrogen-bond acceptors (Lipinski definition) is 1. The second-order valence-corrected chi connectivity index (χ2v) is 13.8. The molecule has 0 spiro atoms. The van der Waals surface area contributed by atoms with Crippen LogP contribution in [0.2, 0.25) is 0 Å². The molecule has 0 bridgehead atoms. The zero-order chi connectivity index (χ0) is 24.1. The summed E-state index contributed by atoms with van der Waals surface area (Å²) in [5.41, 5.74) is 0. The highest BCUT2D eigenvalue weighted by atomic mass is 31.2. The fourth-order valence-corrected chi connectivity index (χ4v) is 11.1. The molecule has 1 atom stereocenters. The first-order valence-corrected chi connectivity index (χ1v) is 14.9. The van der Waals surface area contributed by atoms with Crippen LogP contribution in [0.3, 0.4) is 0 Å². The minimum atomic E-state index is -3.13. The molecular weight excluding hydrogens is 452 g/mol. The number of hydrogen-bond donors (Lipinski definition) is 0. The molecule has 0 saturated carbocycles. The molecule has 34 heavy (non-hydrogen) atoms. The van der Waals surface area contributed by atoms with E-state index in [-0.39, 0.29) is 12.1 Å². The first kappa shape index (κ1) is 24.6. The van der Waals surface area contributed by atoms with Gasteiger partial charge in [0.2, 0.25) is 7.29 Å². The summed E-state index contributed by atoms with van der Waals surface area (Å²) in [6.45, 7) is 8.59. The van der Waals surface area contributed by atoms with Gasteiger partial charge in [0.15, 0.2) is 0 Å². The van der Waals surface area contributed by atoms with Gasteiger partial charge >= 0.3 is 0 Å². The first-order valence-electron chi connectivity index (χ1n) is 11.9. The summed E-state index contributed by atoms with van der Waals surface area (Å²) in [6, 6.07) is 40.0. The average Bonchev–Trinajstić information content (AvgIpc) is 2.86. The van der Waals surface area contributed by atoms with Crippen LogP contribution in [0.15, 0.2) is 115 Å². The van der Waals surface area contributed by atoms with E-state index >= 15 is 4.57 Å². The minimum Gasteiger partial charge on any atom is -0.296 e. The zero-order valence-corrected chi connectivity index (χ0v) is 22.2. The Labute approximate surface area is 205 Å². The van der Waals surface area contributed by atoms with Crippen molar-refractivity contribution in [2.45, 2.75) is 39.8 Å². The van der Waals surface area contributed by atoms with Crippen LogP contribution in [-0.4, -0.2) is 16.8 Å². The van der Waals surface area contributed by atoms with Crippen molar-refractivity contribution >= 4 is 41.7 Å². The van der Waals surface area contributed by atoms with Crippen LogP contribution in [0.25, 0.3) is 0 Å². The fraction of sp³-hybridized carbons (Fsp3) is 0.200. The van der Waals surface area contributed by atoms with Gasteiger partial charge in [-0.15, -0.1) is 0 Å². The van der Waals surface area contributed by atoms with Crippen LogP contribution >= 0.6 is 15.2 Å². The summed E-state index contributed by atoms with van der Waals surface area (Å²) >= 11 is 0. The summed E-state index contributed by atoms with van der Waals surface area (Å²) in [5, 5.41) is 5.52. The highest BCUT2D eigenvalue weighted by Gasteiger charge is 2.40. The van der Waals surface area contributed by atoms with Crippen LogP contribution < -0.4 is 26.5 Å². The van der Waals surface area contributed by atoms with E-state index < -0.39 is 15.2 Å². The van der Waals surface area contributed by atoms with Gasteiger partial charge in [-0.3, -0.25) is 4.57 Å². The van der Waals surface area contributed by atoms with Crippen molar-refractivity contribution in [3.05, 3.63) is 115 Å². The molecule has 4 rings (SSSR count). The third kappa shape index (κ3) is 4.82. The first-order chi connectivity index (χ1) is 16.4. The number of benzene rings is 4. The van der Waals surface area contributed by atoms with Gasteiger partial charge < -0.3 is 0 Å². The molecule has 0 aromatic heterocycles. The molecule has 0 aliphatic rings. The Balaban J connectivity index is 2.04. The molecule has 2 nitrogen and oxygen atoms in total. The van der Waals surface area contributed by atoms with Gasteiger partial charge in [0, 0.05) is 22.7 Å². The second kappa shape index (κ2) is 10.8. The molecule has 1 unspecified atom stereocenters. The SMILES string of the molecule is CC(C)N(C(C)C)P(=O)(c1ccccc1)c1ccccc1P(c1ccccc1)c1ccccc1. The van der Waals surface area contributed by atoms with Crippen molar-refractivity contribution in [1.29, 1.82) is 0 Å². The normalized spacial score (nSPS) is 13.5. The lowest BCUT2D eigenvalue weighted by atomic mass is 10.3. The van der Waals surface area contributed by atoms with Crippen molar-refractivity contribution in [1.82, 2.24) is 4.67 Å². The highest BCUT2D eigenvalue weighted by Crippen LogP contribution is 2.51. The summed E-state index contributed by atoms with van der Waals surface area (Å²) in [6.07, 6.45) is 0. The predicted molar refractivity (Wildman–Crippen MR) is 151 cm³/mol. The molecule has 0 fully saturated rings. The van der Waals surface area contributed by atoms with E-state index in [4.69, 9.17) is 0 Å². The molecule has 0 amide bonds. The van der Waals surface area contributed by atoms with Crippen LogP contribution in [0, 0.1) is 0 Å².